The van der Waals surface area contributed by atoms with Gasteiger partial charge in [-0.3, -0.25) is 0 Å². The van der Waals surface area contributed by atoms with Crippen molar-refractivity contribution in [2.45, 2.75) is 205 Å². The molecule has 6 aromatic carbocycles. The Morgan fingerprint density at radius 3 is 1.12 bits per heavy atom. The topological polar surface area (TPSA) is 55.4 Å². The maximum atomic E-state index is 6.65. The van der Waals surface area contributed by atoms with Crippen LogP contribution in [-0.2, 0) is 0 Å². The van der Waals surface area contributed by atoms with Gasteiger partial charge in [-0.25, -0.2) is 0 Å². The van der Waals surface area contributed by atoms with Crippen molar-refractivity contribution in [3.8, 4) is 45.6 Å². The quantitative estimate of drug-likeness (QED) is 0.0457. The molecule has 6 aromatic rings. The van der Waals surface area contributed by atoms with E-state index >= 15 is 0 Å². The lowest BCUT2D eigenvalue weighted by Gasteiger charge is -2.29. The van der Waals surface area contributed by atoms with Crippen LogP contribution >= 0.6 is 0 Å². The van der Waals surface area contributed by atoms with Crippen molar-refractivity contribution in [2.24, 2.45) is 11.8 Å². The second-order valence-corrected chi connectivity index (χ2v) is 23.5. The average molecular weight is 1060 g/mol. The zero-order chi connectivity index (χ0) is 53.4. The number of fused-ring (bicyclic) bond motifs is 7. The fourth-order valence-electron chi connectivity index (χ4n) is 12.9. The Hall–Kier alpha value is -5.36. The van der Waals surface area contributed by atoms with Gasteiger partial charge in [0.05, 0.1) is 39.6 Å². The first-order valence-electron chi connectivity index (χ1n) is 31.7. The van der Waals surface area contributed by atoms with Gasteiger partial charge in [0.15, 0.2) is 0 Å². The molecule has 1 heterocycles. The third-order valence-electron chi connectivity index (χ3n) is 17.7. The minimum Gasteiger partial charge on any atom is -0.494 e. The molecular weight excluding hydrogens is 961 g/mol. The van der Waals surface area contributed by atoms with Gasteiger partial charge in [-0.2, -0.15) is 0 Å². The van der Waals surface area contributed by atoms with Gasteiger partial charge in [0.2, 0.25) is 0 Å². The summed E-state index contributed by atoms with van der Waals surface area (Å²) in [4.78, 5) is 0. The lowest BCUT2D eigenvalue weighted by Crippen LogP contribution is -2.13. The molecule has 0 atom stereocenters. The highest BCUT2D eigenvalue weighted by molar-refractivity contribution is 6.10. The van der Waals surface area contributed by atoms with E-state index in [9.17, 15) is 0 Å². The summed E-state index contributed by atoms with van der Waals surface area (Å²) in [6, 6.07) is 39.8. The first kappa shape index (κ1) is 57.3. The van der Waals surface area contributed by atoms with Gasteiger partial charge in [0.1, 0.15) is 34.5 Å². The van der Waals surface area contributed by atoms with Gasteiger partial charge in [-0.15, -0.1) is 0 Å². The molecule has 0 radical (unpaired) electrons. The van der Waals surface area contributed by atoms with Gasteiger partial charge in [0.25, 0.3) is 0 Å². The van der Waals surface area contributed by atoms with Gasteiger partial charge in [0, 0.05) is 11.1 Å². The molecule has 0 N–H and O–H groups in total. The average Bonchev–Trinajstić information content (AvgIpc) is 3.56. The molecular formula is C72H96O6. The van der Waals surface area contributed by atoms with Crippen LogP contribution in [0.3, 0.4) is 0 Å². The molecule has 9 rings (SSSR count). The maximum absolute atomic E-state index is 6.65. The Kier molecular flexibility index (Phi) is 23.1. The smallest absolute Gasteiger partial charge is 0.127 e. The number of hydrogen-bond donors (Lipinski definition) is 0. The summed E-state index contributed by atoms with van der Waals surface area (Å²) in [7, 11) is 0. The number of unbranched alkanes of at least 4 members (excludes halogenated alkanes) is 10. The van der Waals surface area contributed by atoms with Gasteiger partial charge in [-0.1, -0.05) is 102 Å². The van der Waals surface area contributed by atoms with Crippen molar-refractivity contribution in [1.82, 2.24) is 0 Å². The third-order valence-corrected chi connectivity index (χ3v) is 17.7. The highest BCUT2D eigenvalue weighted by atomic mass is 16.5. The monoisotopic (exact) mass is 1060 g/mol. The summed E-state index contributed by atoms with van der Waals surface area (Å²) in [6.07, 6.45) is 35.0. The molecule has 420 valence electrons. The second kappa shape index (κ2) is 31.4. The summed E-state index contributed by atoms with van der Waals surface area (Å²) in [5, 5.41) is 4.52. The standard InChI is InChI=1S/C72H96O6/c1-3-5-13-21-55-23-27-57(28-24-55)59-31-37-63(38-32-59)73-47-15-7-9-17-49-75-65-41-43-67-61(53-65)35-45-69-71(67)72-68-44-42-66(54-62(68)36-46-70(72)78-52-20-12-11-19-51-77-69)76-50-18-10-8-16-48-74-64-39-33-60(34-40-64)58-29-25-56(26-30-58)22-14-6-4-2/h31-46,53-58H,3-30,47-52H2,1-2H3. The molecule has 0 bridgehead atoms. The van der Waals surface area contributed by atoms with Crippen LogP contribution in [0.15, 0.2) is 109 Å². The van der Waals surface area contributed by atoms with E-state index in [-0.39, 0.29) is 0 Å². The normalized spacial score (nSPS) is 18.9. The molecule has 3 aliphatic rings. The lowest BCUT2D eigenvalue weighted by molar-refractivity contribution is 0.285. The van der Waals surface area contributed by atoms with E-state index in [1.807, 2.05) is 0 Å². The summed E-state index contributed by atoms with van der Waals surface area (Å²) >= 11 is 0. The molecule has 6 nitrogen and oxygen atoms in total. The molecule has 1 aliphatic heterocycles. The molecule has 0 unspecified atom stereocenters. The minimum atomic E-state index is 0.693. The predicted molar refractivity (Wildman–Crippen MR) is 326 cm³/mol. The van der Waals surface area contributed by atoms with Crippen molar-refractivity contribution in [3.63, 3.8) is 0 Å². The van der Waals surface area contributed by atoms with E-state index in [0.717, 1.165) is 181 Å². The van der Waals surface area contributed by atoms with Crippen LogP contribution in [-0.4, -0.2) is 39.6 Å². The van der Waals surface area contributed by atoms with Crippen LogP contribution in [0, 0.1) is 11.8 Å². The molecule has 2 aliphatic carbocycles. The van der Waals surface area contributed by atoms with Crippen LogP contribution in [0.1, 0.15) is 217 Å². The number of benzene rings is 6. The van der Waals surface area contributed by atoms with Gasteiger partial charge < -0.3 is 28.4 Å². The predicted octanol–water partition coefficient (Wildman–Crippen LogP) is 20.7. The molecule has 0 saturated heterocycles. The molecule has 2 saturated carbocycles. The highest BCUT2D eigenvalue weighted by Crippen LogP contribution is 2.47. The Morgan fingerprint density at radius 2 is 0.731 bits per heavy atom. The van der Waals surface area contributed by atoms with E-state index in [1.165, 1.54) is 114 Å². The lowest BCUT2D eigenvalue weighted by atomic mass is 9.77. The van der Waals surface area contributed by atoms with Crippen LogP contribution in [0.25, 0.3) is 32.7 Å². The Labute approximate surface area is 470 Å². The fourth-order valence-corrected chi connectivity index (χ4v) is 12.9. The van der Waals surface area contributed by atoms with Crippen LogP contribution in [0.5, 0.6) is 34.5 Å². The fraction of sp³-hybridized carbons (Fsp3) is 0.556. The van der Waals surface area contributed by atoms with Crippen molar-refractivity contribution >= 4 is 21.5 Å². The maximum Gasteiger partial charge on any atom is 0.127 e. The van der Waals surface area contributed by atoms with E-state index in [1.54, 1.807) is 0 Å². The number of rotatable bonds is 28. The zero-order valence-corrected chi connectivity index (χ0v) is 48.2. The molecule has 6 heteroatoms. The zero-order valence-electron chi connectivity index (χ0n) is 48.2. The number of hydrogen-bond acceptors (Lipinski definition) is 6. The first-order chi connectivity index (χ1) is 38.6. The molecule has 0 aromatic heterocycles. The van der Waals surface area contributed by atoms with Crippen molar-refractivity contribution < 1.29 is 28.4 Å². The summed E-state index contributed by atoms with van der Waals surface area (Å²) in [6.45, 7) is 8.90. The van der Waals surface area contributed by atoms with Crippen molar-refractivity contribution in [1.29, 1.82) is 0 Å². The Bertz CT molecular complexity index is 2470. The van der Waals surface area contributed by atoms with Crippen molar-refractivity contribution in [3.05, 3.63) is 120 Å². The molecule has 2 fully saturated rings. The molecule has 0 spiro atoms. The van der Waals surface area contributed by atoms with Crippen molar-refractivity contribution in [2.75, 3.05) is 39.6 Å². The number of ether oxygens (including phenoxy) is 6. The van der Waals surface area contributed by atoms with Gasteiger partial charge in [-0.05, 0) is 258 Å². The van der Waals surface area contributed by atoms with Crippen LogP contribution in [0.2, 0.25) is 0 Å². The SMILES string of the molecule is CCCCCC1CCC(c2ccc(OCCCCCCOc3ccc4c5c(ccc4c3)OCCCCCCOc3ccc4cc(OCCCCCCOc6ccc(C7CCC(CCCCC)CC7)cc6)ccc4c3-5)cc2)CC1. The minimum absolute atomic E-state index is 0.693. The summed E-state index contributed by atoms with van der Waals surface area (Å²) < 4.78 is 38.4. The summed E-state index contributed by atoms with van der Waals surface area (Å²) in [5.41, 5.74) is 5.15. The van der Waals surface area contributed by atoms with E-state index < -0.39 is 0 Å². The van der Waals surface area contributed by atoms with E-state index in [2.05, 4.69) is 123 Å². The third kappa shape index (κ3) is 17.1. The first-order valence-corrected chi connectivity index (χ1v) is 31.7. The van der Waals surface area contributed by atoms with Crippen LogP contribution in [0.4, 0.5) is 0 Å². The highest BCUT2D eigenvalue weighted by Gasteiger charge is 2.25. The second-order valence-electron chi connectivity index (χ2n) is 23.5. The summed E-state index contributed by atoms with van der Waals surface area (Å²) in [5.74, 6) is 8.92. The molecule has 0 amide bonds. The van der Waals surface area contributed by atoms with E-state index in [4.69, 9.17) is 28.4 Å². The Morgan fingerprint density at radius 1 is 0.359 bits per heavy atom. The molecule has 78 heavy (non-hydrogen) atoms. The Balaban J connectivity index is 0.723. The largest absolute Gasteiger partial charge is 0.494 e. The van der Waals surface area contributed by atoms with E-state index in [0.29, 0.717) is 26.4 Å². The van der Waals surface area contributed by atoms with Crippen LogP contribution < -0.4 is 28.4 Å². The van der Waals surface area contributed by atoms with Gasteiger partial charge >= 0.3 is 0 Å².